The summed E-state index contributed by atoms with van der Waals surface area (Å²) >= 11 is 13.3. The molecule has 0 saturated carbocycles. The fraction of sp³-hybridized carbons (Fsp3) is 0.636. The molecule has 0 aromatic carbocycles. The Morgan fingerprint density at radius 1 is 1.47 bits per heavy atom. The van der Waals surface area contributed by atoms with Gasteiger partial charge in [-0.25, -0.2) is 0 Å². The molecule has 0 radical (unpaired) electrons. The van der Waals surface area contributed by atoms with Gasteiger partial charge in [0, 0.05) is 12.6 Å². The lowest BCUT2D eigenvalue weighted by Gasteiger charge is -2.13. The highest BCUT2D eigenvalue weighted by molar-refractivity contribution is 7.20. The van der Waals surface area contributed by atoms with Crippen molar-refractivity contribution in [3.63, 3.8) is 0 Å². The second-order valence-electron chi connectivity index (χ2n) is 3.64. The van der Waals surface area contributed by atoms with E-state index in [0.717, 1.165) is 22.9 Å². The predicted molar refractivity (Wildman–Crippen MR) is 73.3 cm³/mol. The van der Waals surface area contributed by atoms with Crippen LogP contribution in [0.4, 0.5) is 0 Å². The van der Waals surface area contributed by atoms with E-state index in [-0.39, 0.29) is 12.6 Å². The van der Waals surface area contributed by atoms with Gasteiger partial charge in [-0.3, -0.25) is 0 Å². The van der Waals surface area contributed by atoms with Crippen LogP contribution in [0.25, 0.3) is 0 Å². The quantitative estimate of drug-likeness (QED) is 0.725. The van der Waals surface area contributed by atoms with Gasteiger partial charge < -0.3 is 15.2 Å². The van der Waals surface area contributed by atoms with E-state index in [1.165, 1.54) is 11.3 Å². The second-order valence-corrected chi connectivity index (χ2v) is 5.93. The number of hydrogen-bond donors (Lipinski definition) is 2. The standard InChI is InChI=1S/C11H17Cl2NO2S/c1-8(9-7-10(12)17-11(9)13)14-3-2-5-16-6-4-15/h7-8,14-15H,2-6H2,1H3. The lowest BCUT2D eigenvalue weighted by Crippen LogP contribution is -2.21. The number of hydrogen-bond acceptors (Lipinski definition) is 4. The van der Waals surface area contributed by atoms with E-state index in [1.54, 1.807) is 0 Å². The number of thiophene rings is 1. The van der Waals surface area contributed by atoms with Crippen LogP contribution in [0, 0.1) is 0 Å². The zero-order valence-corrected chi connectivity index (χ0v) is 12.0. The molecule has 3 nitrogen and oxygen atoms in total. The third-order valence-corrected chi connectivity index (χ3v) is 3.82. The predicted octanol–water partition coefficient (Wildman–Crippen LogP) is 3.10. The van der Waals surface area contributed by atoms with Gasteiger partial charge in [0.2, 0.25) is 0 Å². The monoisotopic (exact) mass is 297 g/mol. The van der Waals surface area contributed by atoms with Crippen molar-refractivity contribution >= 4 is 34.5 Å². The smallest absolute Gasteiger partial charge is 0.0991 e. The van der Waals surface area contributed by atoms with Crippen molar-refractivity contribution in [1.82, 2.24) is 5.32 Å². The minimum atomic E-state index is 0.0762. The van der Waals surface area contributed by atoms with Gasteiger partial charge in [0.25, 0.3) is 0 Å². The molecule has 6 heteroatoms. The van der Waals surface area contributed by atoms with E-state index in [1.807, 2.05) is 6.07 Å². The Morgan fingerprint density at radius 3 is 2.82 bits per heavy atom. The molecule has 0 fully saturated rings. The molecule has 0 bridgehead atoms. The van der Waals surface area contributed by atoms with Crippen molar-refractivity contribution in [1.29, 1.82) is 0 Å². The molecular weight excluding hydrogens is 281 g/mol. The maximum Gasteiger partial charge on any atom is 0.0991 e. The molecule has 17 heavy (non-hydrogen) atoms. The maximum absolute atomic E-state index is 8.53. The summed E-state index contributed by atoms with van der Waals surface area (Å²) in [6, 6.07) is 2.08. The van der Waals surface area contributed by atoms with Crippen LogP contribution in [-0.2, 0) is 4.74 Å². The lowest BCUT2D eigenvalue weighted by molar-refractivity contribution is 0.0904. The van der Waals surface area contributed by atoms with Gasteiger partial charge in [0.15, 0.2) is 0 Å². The largest absolute Gasteiger partial charge is 0.394 e. The first-order valence-corrected chi connectivity index (χ1v) is 7.09. The Bertz CT molecular complexity index is 333. The lowest BCUT2D eigenvalue weighted by atomic mass is 10.2. The number of ether oxygens (including phenoxy) is 1. The van der Waals surface area contributed by atoms with Crippen molar-refractivity contribution in [3.8, 4) is 0 Å². The zero-order chi connectivity index (χ0) is 12.7. The Morgan fingerprint density at radius 2 is 2.24 bits per heavy atom. The summed E-state index contributed by atoms with van der Waals surface area (Å²) in [5.74, 6) is 0. The van der Waals surface area contributed by atoms with Crippen LogP contribution in [0.15, 0.2) is 6.07 Å². The van der Waals surface area contributed by atoms with Gasteiger partial charge in [-0.15, -0.1) is 11.3 Å². The van der Waals surface area contributed by atoms with Crippen LogP contribution in [0.1, 0.15) is 24.9 Å². The Labute approximate surface area is 116 Å². The maximum atomic E-state index is 8.53. The highest BCUT2D eigenvalue weighted by Crippen LogP contribution is 2.34. The number of rotatable bonds is 8. The fourth-order valence-electron chi connectivity index (χ4n) is 1.42. The van der Waals surface area contributed by atoms with Crippen LogP contribution in [0.2, 0.25) is 8.67 Å². The summed E-state index contributed by atoms with van der Waals surface area (Å²) in [6.45, 7) is 4.03. The summed E-state index contributed by atoms with van der Waals surface area (Å²) in [7, 11) is 0. The third kappa shape index (κ3) is 5.55. The molecule has 0 aliphatic rings. The number of aliphatic hydroxyl groups excluding tert-OH is 1. The van der Waals surface area contributed by atoms with Gasteiger partial charge in [0.1, 0.15) is 0 Å². The van der Waals surface area contributed by atoms with Crippen molar-refractivity contribution in [2.24, 2.45) is 0 Å². The van der Waals surface area contributed by atoms with E-state index in [2.05, 4.69) is 12.2 Å². The van der Waals surface area contributed by atoms with Gasteiger partial charge in [-0.1, -0.05) is 23.2 Å². The van der Waals surface area contributed by atoms with E-state index in [4.69, 9.17) is 33.0 Å². The van der Waals surface area contributed by atoms with Crippen molar-refractivity contribution in [2.45, 2.75) is 19.4 Å². The van der Waals surface area contributed by atoms with E-state index in [0.29, 0.717) is 17.6 Å². The van der Waals surface area contributed by atoms with Crippen LogP contribution in [0.5, 0.6) is 0 Å². The Balaban J connectivity index is 2.21. The van der Waals surface area contributed by atoms with E-state index in [9.17, 15) is 0 Å². The van der Waals surface area contributed by atoms with Crippen molar-refractivity contribution in [3.05, 3.63) is 20.3 Å². The molecule has 0 amide bonds. The summed E-state index contributed by atoms with van der Waals surface area (Å²) in [5, 5.41) is 11.9. The molecule has 1 heterocycles. The summed E-state index contributed by atoms with van der Waals surface area (Å²) in [4.78, 5) is 0. The first kappa shape index (κ1) is 15.2. The zero-order valence-electron chi connectivity index (χ0n) is 9.71. The number of aliphatic hydroxyl groups is 1. The van der Waals surface area contributed by atoms with E-state index < -0.39 is 0 Å². The first-order valence-electron chi connectivity index (χ1n) is 5.52. The summed E-state index contributed by atoms with van der Waals surface area (Å²) in [6.07, 6.45) is 0.903. The minimum absolute atomic E-state index is 0.0762. The Hall–Kier alpha value is 0.160. The van der Waals surface area contributed by atoms with Crippen molar-refractivity contribution < 1.29 is 9.84 Å². The molecule has 0 saturated heterocycles. The second kappa shape index (κ2) is 8.29. The molecule has 98 valence electrons. The van der Waals surface area contributed by atoms with Gasteiger partial charge in [-0.2, -0.15) is 0 Å². The molecule has 1 unspecified atom stereocenters. The molecule has 1 aromatic heterocycles. The molecule has 0 spiro atoms. The highest BCUT2D eigenvalue weighted by Gasteiger charge is 2.12. The molecule has 0 aliphatic heterocycles. The normalized spacial score (nSPS) is 12.9. The van der Waals surface area contributed by atoms with E-state index >= 15 is 0 Å². The topological polar surface area (TPSA) is 41.5 Å². The average molecular weight is 298 g/mol. The van der Waals surface area contributed by atoms with Crippen LogP contribution >= 0.6 is 34.5 Å². The number of halogens is 2. The summed E-state index contributed by atoms with van der Waals surface area (Å²) < 4.78 is 6.62. The highest BCUT2D eigenvalue weighted by atomic mass is 35.5. The van der Waals surface area contributed by atoms with Gasteiger partial charge in [-0.05, 0) is 31.5 Å². The molecule has 0 aliphatic carbocycles. The van der Waals surface area contributed by atoms with Crippen LogP contribution < -0.4 is 5.32 Å². The van der Waals surface area contributed by atoms with Crippen LogP contribution in [-0.4, -0.2) is 31.5 Å². The molecular formula is C11H17Cl2NO2S. The molecule has 1 aromatic rings. The van der Waals surface area contributed by atoms with Crippen molar-refractivity contribution in [2.75, 3.05) is 26.4 Å². The summed E-state index contributed by atoms with van der Waals surface area (Å²) in [5.41, 5.74) is 1.04. The molecule has 2 N–H and O–H groups in total. The Kier molecular flexibility index (Phi) is 7.43. The SMILES string of the molecule is CC(NCCCOCCO)c1cc(Cl)sc1Cl. The molecule has 1 atom stereocenters. The van der Waals surface area contributed by atoms with Crippen LogP contribution in [0.3, 0.4) is 0 Å². The van der Waals surface area contributed by atoms with Gasteiger partial charge >= 0.3 is 0 Å². The third-order valence-electron chi connectivity index (χ3n) is 2.30. The van der Waals surface area contributed by atoms with Gasteiger partial charge in [0.05, 0.1) is 21.9 Å². The fourth-order valence-corrected chi connectivity index (χ4v) is 3.06. The molecule has 1 rings (SSSR count). The number of nitrogens with one attached hydrogen (secondary N) is 1. The first-order chi connectivity index (χ1) is 8.15. The minimum Gasteiger partial charge on any atom is -0.394 e. The average Bonchev–Trinajstić information content (AvgIpc) is 2.62.